The van der Waals surface area contributed by atoms with E-state index < -0.39 is 73.6 Å². The number of fused-ring (bicyclic) bond motifs is 5. The molecular formula is C41H56N6O9S. The zero-order valence-corrected chi connectivity index (χ0v) is 34.8. The number of amides is 4. The molecule has 7 atom stereocenters. The van der Waals surface area contributed by atoms with Crippen LogP contribution in [0.15, 0.2) is 29.8 Å². The Kier molecular flexibility index (Phi) is 10.7. The van der Waals surface area contributed by atoms with E-state index in [-0.39, 0.29) is 25.0 Å². The molecule has 3 N–H and O–H groups in total. The van der Waals surface area contributed by atoms with Gasteiger partial charge in [0.1, 0.15) is 41.3 Å². The number of aryl methyl sites for hydroxylation is 1. The SMILES string of the molecule is CCC1[C@@H]2CN(C(=O)[C@H](C(C)(C)C)NC(=O)O[C@@H]3C/C3=C/CCCCc3nc4ccc(OC)cc4nc3O2)[C@@H]1C(=O)N[C@]1(C(=O)NS(=O)(=O)C2(C)CC2)C[C@H]1CC. The number of nitrogens with one attached hydrogen (secondary N) is 3. The van der Waals surface area contributed by atoms with Gasteiger partial charge in [-0.2, -0.15) is 0 Å². The largest absolute Gasteiger partial charge is 0.497 e. The van der Waals surface area contributed by atoms with Gasteiger partial charge in [0.25, 0.3) is 5.91 Å². The summed E-state index contributed by atoms with van der Waals surface area (Å²) < 4.78 is 45.6. The summed E-state index contributed by atoms with van der Waals surface area (Å²) in [5, 5.41) is 5.77. The van der Waals surface area contributed by atoms with E-state index in [1.165, 1.54) is 4.90 Å². The van der Waals surface area contributed by atoms with Crippen molar-refractivity contribution in [2.45, 2.75) is 140 Å². The first-order valence-electron chi connectivity index (χ1n) is 20.3. The van der Waals surface area contributed by atoms with E-state index in [0.29, 0.717) is 66.9 Å². The number of nitrogens with zero attached hydrogens (tertiary/aromatic N) is 3. The summed E-state index contributed by atoms with van der Waals surface area (Å²) in [7, 11) is -2.41. The molecule has 1 aromatic carbocycles. The van der Waals surface area contributed by atoms with Gasteiger partial charge in [-0.15, -0.1) is 0 Å². The van der Waals surface area contributed by atoms with Crippen molar-refractivity contribution in [1.82, 2.24) is 30.2 Å². The molecule has 3 heterocycles. The normalized spacial score (nSPS) is 30.8. The molecule has 1 aromatic heterocycles. The molecule has 5 aliphatic rings. The molecule has 1 unspecified atom stereocenters. The average Bonchev–Trinajstić information content (AvgIpc) is 4.11. The minimum Gasteiger partial charge on any atom is -0.497 e. The number of methoxy groups -OCH3 is 1. The van der Waals surface area contributed by atoms with Gasteiger partial charge in [-0.3, -0.25) is 19.1 Å². The van der Waals surface area contributed by atoms with E-state index in [0.717, 1.165) is 24.8 Å². The van der Waals surface area contributed by atoms with Crippen molar-refractivity contribution in [3.05, 3.63) is 35.5 Å². The highest BCUT2D eigenvalue weighted by atomic mass is 32.2. The molecule has 0 radical (unpaired) electrons. The fourth-order valence-corrected chi connectivity index (χ4v) is 9.64. The number of carbonyl (C=O) groups excluding carboxylic acids is 4. The van der Waals surface area contributed by atoms with Crippen molar-refractivity contribution in [3.63, 3.8) is 0 Å². The van der Waals surface area contributed by atoms with E-state index in [1.807, 2.05) is 46.8 Å². The van der Waals surface area contributed by atoms with Crippen LogP contribution in [0.25, 0.3) is 11.0 Å². The van der Waals surface area contributed by atoms with Gasteiger partial charge in [0.05, 0.1) is 29.4 Å². The maximum absolute atomic E-state index is 14.9. The summed E-state index contributed by atoms with van der Waals surface area (Å²) >= 11 is 0. The smallest absolute Gasteiger partial charge is 0.408 e. The van der Waals surface area contributed by atoms with Crippen molar-refractivity contribution >= 4 is 44.9 Å². The van der Waals surface area contributed by atoms with E-state index in [2.05, 4.69) is 21.4 Å². The summed E-state index contributed by atoms with van der Waals surface area (Å²) in [4.78, 5) is 68.2. The highest BCUT2D eigenvalue weighted by Gasteiger charge is 2.64. The number of allylic oxidation sites excluding steroid dienone is 1. The molecule has 310 valence electrons. The molecule has 57 heavy (non-hydrogen) atoms. The summed E-state index contributed by atoms with van der Waals surface area (Å²) in [5.74, 6) is -1.90. The Balaban J connectivity index is 1.27. The molecule has 2 aliphatic heterocycles. The van der Waals surface area contributed by atoms with Gasteiger partial charge in [-0.1, -0.05) is 47.1 Å². The number of sulfonamides is 1. The van der Waals surface area contributed by atoms with Gasteiger partial charge >= 0.3 is 6.09 Å². The van der Waals surface area contributed by atoms with Crippen molar-refractivity contribution in [2.24, 2.45) is 17.3 Å². The molecule has 1 saturated heterocycles. The van der Waals surface area contributed by atoms with E-state index in [1.54, 1.807) is 20.1 Å². The van der Waals surface area contributed by atoms with Crippen LogP contribution in [0.2, 0.25) is 0 Å². The topological polar surface area (TPSA) is 195 Å². The lowest BCUT2D eigenvalue weighted by molar-refractivity contribution is -0.143. The van der Waals surface area contributed by atoms with Crippen LogP contribution in [-0.4, -0.2) is 95.3 Å². The van der Waals surface area contributed by atoms with Crippen LogP contribution in [0, 0.1) is 17.3 Å². The third kappa shape index (κ3) is 8.02. The predicted octanol–water partition coefficient (Wildman–Crippen LogP) is 4.47. The van der Waals surface area contributed by atoms with Gasteiger partial charge in [-0.25, -0.2) is 23.2 Å². The van der Waals surface area contributed by atoms with Gasteiger partial charge in [-0.05, 0) is 87.3 Å². The second-order valence-electron chi connectivity index (χ2n) is 17.7. The Labute approximate surface area is 334 Å². The number of hydrogen-bond donors (Lipinski definition) is 3. The van der Waals surface area contributed by atoms with Crippen LogP contribution < -0.4 is 24.8 Å². The van der Waals surface area contributed by atoms with E-state index in [9.17, 15) is 27.6 Å². The lowest BCUT2D eigenvalue weighted by Gasteiger charge is -2.36. The molecule has 3 aliphatic carbocycles. The minimum atomic E-state index is -3.98. The fourth-order valence-electron chi connectivity index (χ4n) is 8.33. The predicted molar refractivity (Wildman–Crippen MR) is 211 cm³/mol. The van der Waals surface area contributed by atoms with Gasteiger partial charge in [0.2, 0.25) is 27.7 Å². The quantitative estimate of drug-likeness (QED) is 0.319. The van der Waals surface area contributed by atoms with Gasteiger partial charge in [0, 0.05) is 18.4 Å². The third-order valence-corrected chi connectivity index (χ3v) is 14.7. The summed E-state index contributed by atoms with van der Waals surface area (Å²) in [6.07, 6.45) is 5.95. The van der Waals surface area contributed by atoms with Gasteiger partial charge < -0.3 is 29.7 Å². The standard InChI is InChI=1S/C41H56N6O9S/c1-8-24-21-41(24,37(50)46-57(52,53)40(6)17-18-40)45-34(48)32-26(9-2)31-22-47(32)36(49)33(39(3,4)5)44-38(51)56-30-19-23(30)13-11-10-12-14-28-35(55-31)43-29-20-25(54-7)15-16-27(29)42-28/h13,15-16,20,24,26,30-33H,8-12,14,17-19,21-22H2,1-7H3,(H,44,51)(H,45,48)(H,46,50)/b23-13-/t24-,26?,30-,31+,32+,33-,41-/m1/s1. The zero-order chi connectivity index (χ0) is 41.1. The summed E-state index contributed by atoms with van der Waals surface area (Å²) in [6, 6.07) is 3.20. The van der Waals surface area contributed by atoms with Crippen LogP contribution >= 0.6 is 0 Å². The highest BCUT2D eigenvalue weighted by molar-refractivity contribution is 7.91. The van der Waals surface area contributed by atoms with Crippen molar-refractivity contribution in [2.75, 3.05) is 13.7 Å². The van der Waals surface area contributed by atoms with E-state index in [4.69, 9.17) is 24.2 Å². The van der Waals surface area contributed by atoms with Crippen molar-refractivity contribution < 1.29 is 41.8 Å². The monoisotopic (exact) mass is 808 g/mol. The maximum atomic E-state index is 14.9. The van der Waals surface area contributed by atoms with Gasteiger partial charge in [0.15, 0.2) is 0 Å². The summed E-state index contributed by atoms with van der Waals surface area (Å²) in [6.45, 7) is 10.8. The van der Waals surface area contributed by atoms with Crippen molar-refractivity contribution in [1.29, 1.82) is 0 Å². The second kappa shape index (κ2) is 15.0. The molecule has 2 bridgehead atoms. The zero-order valence-electron chi connectivity index (χ0n) is 34.0. The Hall–Kier alpha value is -4.47. The molecule has 3 saturated carbocycles. The van der Waals surface area contributed by atoms with Crippen LogP contribution in [0.1, 0.15) is 105 Å². The number of alkyl carbamates (subject to hydrolysis) is 1. The first kappa shape index (κ1) is 40.7. The lowest BCUT2D eigenvalue weighted by atomic mass is 9.85. The number of aromatic nitrogens is 2. The molecule has 16 heteroatoms. The Bertz CT molecular complexity index is 2100. The van der Waals surface area contributed by atoms with Crippen LogP contribution in [-0.2, 0) is 35.6 Å². The molecule has 4 amide bonds. The lowest BCUT2D eigenvalue weighted by Crippen LogP contribution is -2.61. The molecule has 0 spiro atoms. The number of ether oxygens (including phenoxy) is 3. The number of hydrogen-bond acceptors (Lipinski definition) is 11. The first-order chi connectivity index (χ1) is 26.9. The fraction of sp³-hybridized carbons (Fsp3) is 0.659. The van der Waals surface area contributed by atoms with Crippen LogP contribution in [0.4, 0.5) is 4.79 Å². The van der Waals surface area contributed by atoms with Crippen molar-refractivity contribution in [3.8, 4) is 11.6 Å². The van der Waals surface area contributed by atoms with Crippen LogP contribution in [0.5, 0.6) is 11.6 Å². The summed E-state index contributed by atoms with van der Waals surface area (Å²) in [5.41, 5.74) is 0.632. The maximum Gasteiger partial charge on any atom is 0.408 e. The molecule has 2 aromatic rings. The Morgan fingerprint density at radius 3 is 2.47 bits per heavy atom. The van der Waals surface area contributed by atoms with Crippen LogP contribution in [0.3, 0.4) is 0 Å². The number of benzene rings is 1. The molecule has 15 nitrogen and oxygen atoms in total. The number of rotatable bonds is 8. The molecular weight excluding hydrogens is 753 g/mol. The van der Waals surface area contributed by atoms with E-state index >= 15 is 0 Å². The second-order valence-corrected chi connectivity index (χ2v) is 19.9. The minimum absolute atomic E-state index is 0.0331. The molecule has 7 rings (SSSR count). The highest BCUT2D eigenvalue weighted by Crippen LogP contribution is 2.48. The Morgan fingerprint density at radius 1 is 1.07 bits per heavy atom. The first-order valence-corrected chi connectivity index (χ1v) is 21.8. The average molecular weight is 809 g/mol. The number of carbonyl (C=O) groups is 4. The molecule has 4 fully saturated rings. The Morgan fingerprint density at radius 2 is 1.82 bits per heavy atom. The third-order valence-electron chi connectivity index (χ3n) is 12.5.